The normalized spacial score (nSPS) is 14.8. The van der Waals surface area contributed by atoms with Gasteiger partial charge >= 0.3 is 0 Å². The molecule has 8 heterocycles. The highest BCUT2D eigenvalue weighted by atomic mass is 32.1. The van der Waals surface area contributed by atoms with Crippen molar-refractivity contribution in [3.8, 4) is 53.3 Å². The summed E-state index contributed by atoms with van der Waals surface area (Å²) in [5.74, 6) is 3.04. The Labute approximate surface area is 748 Å². The summed E-state index contributed by atoms with van der Waals surface area (Å²) >= 11 is 6.62. The van der Waals surface area contributed by atoms with Gasteiger partial charge in [0.1, 0.15) is 23.1 Å². The van der Waals surface area contributed by atoms with Crippen molar-refractivity contribution in [2.45, 2.75) is 291 Å². The van der Waals surface area contributed by atoms with E-state index in [-0.39, 0.29) is 35.3 Å². The van der Waals surface area contributed by atoms with Crippen molar-refractivity contribution >= 4 is 80.4 Å². The highest BCUT2D eigenvalue weighted by Gasteiger charge is 2.50. The van der Waals surface area contributed by atoms with E-state index < -0.39 is 0 Å². The quantitative estimate of drug-likeness (QED) is 0.0353. The molecule has 0 bridgehead atoms. The van der Waals surface area contributed by atoms with Crippen LogP contribution in [0.2, 0.25) is 0 Å². The molecule has 0 saturated heterocycles. The average molecular weight is 1730 g/mol. The van der Waals surface area contributed by atoms with E-state index >= 15 is 4.39 Å². The van der Waals surface area contributed by atoms with Crippen LogP contribution in [0.4, 0.5) is 8.78 Å². The van der Waals surface area contributed by atoms with E-state index in [0.717, 1.165) is 255 Å². The zero-order valence-corrected chi connectivity index (χ0v) is 79.9. The third-order valence-corrected chi connectivity index (χ3v) is 28.9. The molecule has 660 valence electrons. The van der Waals surface area contributed by atoms with E-state index in [0.29, 0.717) is 77.7 Å². The summed E-state index contributed by atoms with van der Waals surface area (Å²) in [6, 6.07) is 44.4. The van der Waals surface area contributed by atoms with Crippen LogP contribution in [0.5, 0.6) is 11.5 Å². The standard InChI is InChI=1S/C38H53FN2O2S.C37H52N2O3S.C16H19FS.C15H18OS/c1-7-12-15-18-29-19-20-30(31(39)23-29)32-21-22-33(44-32)36-35-34(37(42)41(36)25-28(11-5)17-14-9-3)26(6)40(38(35)43)24-27(10-4)16-13-8-2;1-7-12-15-27(10-4)24-38-26(6)33-34(37(38)41)35(39(36(33)40)25-28(11-5)16-13-8-2)32-22-21-31(43-32)29-17-19-30(20-18-29)42-23-14-9-3;1-3-4-5-6-13-8-9-14(15(17)11-13)16-10-7-12(2)18-16;1-3-4-11-16-14-8-6-13(7-9-14)15-10-5-12(2)17-15/h19-23,27-28H,7-18,24-25H2,1-6H3;17-22,27-28H,7-16,23-25H2,1-6H3;7-11H,3-6H2,1-2H3;5-10H,3-4,11H2,1-2H3. The van der Waals surface area contributed by atoms with Gasteiger partial charge in [-0.3, -0.25) is 19.2 Å². The van der Waals surface area contributed by atoms with Gasteiger partial charge in [0.25, 0.3) is 23.6 Å². The third-order valence-electron chi connectivity index (χ3n) is 24.5. The summed E-state index contributed by atoms with van der Waals surface area (Å²) in [6.07, 6.45) is 30.7. The largest absolute Gasteiger partial charge is 0.494 e. The van der Waals surface area contributed by atoms with Crippen LogP contribution < -0.4 is 9.47 Å². The molecule has 4 aliphatic heterocycles. The maximum absolute atomic E-state index is 15.4. The summed E-state index contributed by atoms with van der Waals surface area (Å²) in [5.41, 5.74) is 11.3. The molecule has 0 saturated carbocycles. The highest BCUT2D eigenvalue weighted by Crippen LogP contribution is 2.50. The van der Waals surface area contributed by atoms with Crippen LogP contribution in [0.15, 0.2) is 167 Å². The number of fused-ring (bicyclic) bond motifs is 2. The number of thiophene rings is 4. The van der Waals surface area contributed by atoms with Gasteiger partial charge < -0.3 is 29.1 Å². The summed E-state index contributed by atoms with van der Waals surface area (Å²) in [7, 11) is 0. The SMILES string of the molecule is CCCCCc1ccc(-c2ccc(C)s2)c(F)c1.CCCCCc1ccc(-c2ccc(C3=C4C(=O)N(CC(CC)CCCC)C(C)=C4C(=O)N3CC(CC)CCCC)s2)c(F)c1.CCCCOc1ccc(-c2ccc(C)s2)cc1.CCCCOc1ccc(-c2ccc(C3=C4C(=O)N(CC(CC)CCCC)C(C)=C4C(=O)N3CC(CC)CCCC)s2)cc1. The number of nitrogens with zero attached hydrogens (tertiary/aromatic N) is 4. The number of allylic oxidation sites excluding steroid dienone is 2. The number of hydrogen-bond donors (Lipinski definition) is 0. The first kappa shape index (κ1) is 97.8. The molecule has 8 aromatic rings. The molecule has 4 unspecified atom stereocenters. The number of halogens is 2. The second-order valence-corrected chi connectivity index (χ2v) is 38.6. The van der Waals surface area contributed by atoms with Crippen LogP contribution in [-0.2, 0) is 32.0 Å². The summed E-state index contributed by atoms with van der Waals surface area (Å²) in [6.45, 7) is 38.5. The number of carbonyl (C=O) groups is 4. The topological polar surface area (TPSA) is 99.7 Å². The van der Waals surface area contributed by atoms with Crippen molar-refractivity contribution in [2.24, 2.45) is 23.7 Å². The van der Waals surface area contributed by atoms with Gasteiger partial charge in [-0.05, 0) is 247 Å². The summed E-state index contributed by atoms with van der Waals surface area (Å²) in [4.78, 5) is 73.0. The number of carbonyl (C=O) groups excluding carboxylic acids is 4. The van der Waals surface area contributed by atoms with E-state index in [1.54, 1.807) is 34.8 Å². The van der Waals surface area contributed by atoms with Crippen LogP contribution in [-0.4, -0.2) is 82.6 Å². The second kappa shape index (κ2) is 50.2. The van der Waals surface area contributed by atoms with Gasteiger partial charge in [-0.1, -0.05) is 223 Å². The molecule has 10 nitrogen and oxygen atoms in total. The van der Waals surface area contributed by atoms with E-state index in [1.165, 1.54) is 50.8 Å². The van der Waals surface area contributed by atoms with Gasteiger partial charge in [0, 0.05) is 78.0 Å². The number of unbranched alkanes of at least 4 members (excludes halogenated alkanes) is 10. The third kappa shape index (κ3) is 26.1. The van der Waals surface area contributed by atoms with Gasteiger partial charge in [-0.2, -0.15) is 0 Å². The molecular formula is C106H142F2N4O6S4. The van der Waals surface area contributed by atoms with Gasteiger partial charge in [0.2, 0.25) is 0 Å². The fourth-order valence-corrected chi connectivity index (χ4v) is 20.5. The zero-order valence-electron chi connectivity index (χ0n) is 76.7. The summed E-state index contributed by atoms with van der Waals surface area (Å²) in [5, 5.41) is 0. The van der Waals surface area contributed by atoms with Crippen molar-refractivity contribution in [2.75, 3.05) is 39.4 Å². The first-order valence-electron chi connectivity index (χ1n) is 46.7. The maximum atomic E-state index is 15.4. The van der Waals surface area contributed by atoms with Gasteiger partial charge in [-0.15, -0.1) is 45.3 Å². The van der Waals surface area contributed by atoms with Crippen LogP contribution in [0.3, 0.4) is 0 Å². The van der Waals surface area contributed by atoms with E-state index in [2.05, 4.69) is 157 Å². The van der Waals surface area contributed by atoms with Crippen molar-refractivity contribution in [1.82, 2.24) is 19.6 Å². The van der Waals surface area contributed by atoms with E-state index in [9.17, 15) is 23.6 Å². The number of hydrogen-bond acceptors (Lipinski definition) is 10. The van der Waals surface area contributed by atoms with Crippen LogP contribution in [0.25, 0.3) is 53.2 Å². The molecule has 0 spiro atoms. The Hall–Kier alpha value is -8.02. The van der Waals surface area contributed by atoms with Crippen LogP contribution in [0, 0.1) is 49.2 Å². The lowest BCUT2D eigenvalue weighted by Gasteiger charge is -2.28. The van der Waals surface area contributed by atoms with Crippen LogP contribution >= 0.6 is 45.3 Å². The molecule has 4 aromatic carbocycles. The monoisotopic (exact) mass is 1730 g/mol. The van der Waals surface area contributed by atoms with E-state index in [1.807, 2.05) is 106 Å². The molecule has 12 rings (SSSR count). The average Bonchev–Trinajstić information content (AvgIpc) is 1.57. The Balaban J connectivity index is 0.000000200. The summed E-state index contributed by atoms with van der Waals surface area (Å²) < 4.78 is 41.0. The molecule has 4 aromatic heterocycles. The van der Waals surface area contributed by atoms with E-state index in [4.69, 9.17) is 9.47 Å². The van der Waals surface area contributed by atoms with Crippen molar-refractivity contribution in [3.05, 3.63) is 209 Å². The van der Waals surface area contributed by atoms with Crippen molar-refractivity contribution in [1.29, 1.82) is 0 Å². The van der Waals surface area contributed by atoms with Crippen molar-refractivity contribution < 1.29 is 37.4 Å². The lowest BCUT2D eigenvalue weighted by atomic mass is 9.98. The minimum absolute atomic E-state index is 0.00145. The molecule has 0 radical (unpaired) electrons. The molecule has 0 N–H and O–H groups in total. The Morgan fingerprint density at radius 3 is 0.951 bits per heavy atom. The fourth-order valence-electron chi connectivity index (χ4n) is 16.6. The predicted octanol–water partition coefficient (Wildman–Crippen LogP) is 30.6. The van der Waals surface area contributed by atoms with Gasteiger partial charge in [-0.25, -0.2) is 8.78 Å². The van der Waals surface area contributed by atoms with Crippen molar-refractivity contribution in [3.63, 3.8) is 0 Å². The molecule has 4 atom stereocenters. The van der Waals surface area contributed by atoms with Crippen LogP contribution in [0.1, 0.15) is 295 Å². The molecular weight excluding hydrogens is 1590 g/mol. The van der Waals surface area contributed by atoms with Gasteiger partial charge in [0.15, 0.2) is 0 Å². The molecule has 0 fully saturated rings. The smallest absolute Gasteiger partial charge is 0.261 e. The molecule has 4 aliphatic rings. The minimum Gasteiger partial charge on any atom is -0.494 e. The first-order valence-corrected chi connectivity index (χ1v) is 50.0. The molecule has 16 heteroatoms. The Morgan fingerprint density at radius 1 is 0.311 bits per heavy atom. The second-order valence-electron chi connectivity index (χ2n) is 33.8. The predicted molar refractivity (Wildman–Crippen MR) is 515 cm³/mol. The number of rotatable bonds is 46. The minimum atomic E-state index is -0.216. The zero-order chi connectivity index (χ0) is 87.8. The highest BCUT2D eigenvalue weighted by molar-refractivity contribution is 7.17. The number of benzene rings is 4. The number of ether oxygens (including phenoxy) is 2. The lowest BCUT2D eigenvalue weighted by Crippen LogP contribution is -2.34. The fraction of sp³-hybridized carbons (Fsp3) is 0.509. The van der Waals surface area contributed by atoms with Gasteiger partial charge in [0.05, 0.1) is 56.7 Å². The Morgan fingerprint density at radius 2 is 0.615 bits per heavy atom. The first-order chi connectivity index (χ1) is 59.2. The molecule has 4 amide bonds. The molecule has 122 heavy (non-hydrogen) atoms. The Kier molecular flexibility index (Phi) is 40.2. The maximum Gasteiger partial charge on any atom is 0.261 e. The number of aryl methyl sites for hydroxylation is 4. The lowest BCUT2D eigenvalue weighted by molar-refractivity contribution is -0.125. The Bertz CT molecular complexity index is 4780. The molecule has 0 aliphatic carbocycles. The number of amides is 4.